The van der Waals surface area contributed by atoms with Crippen LogP contribution in [-0.2, 0) is 11.3 Å². The number of carbonyl (C=O) groups excluding carboxylic acids is 1. The summed E-state index contributed by atoms with van der Waals surface area (Å²) in [5, 5.41) is 4.12. The van der Waals surface area contributed by atoms with Crippen molar-refractivity contribution in [3.05, 3.63) is 36.9 Å². The molecular weight excluding hydrogens is 404 g/mol. The summed E-state index contributed by atoms with van der Waals surface area (Å²) in [5.74, 6) is 1.76. The number of ether oxygens (including phenoxy) is 1. The van der Waals surface area contributed by atoms with Gasteiger partial charge in [0.1, 0.15) is 18.4 Å². The molecule has 2 fully saturated rings. The van der Waals surface area contributed by atoms with E-state index in [0.717, 1.165) is 64.4 Å². The molecular formula is C24H36N6O2. The number of hydrogen-bond acceptors (Lipinski definition) is 6. The lowest BCUT2D eigenvalue weighted by atomic mass is 9.95. The summed E-state index contributed by atoms with van der Waals surface area (Å²) in [6.07, 6.45) is 6.57. The van der Waals surface area contributed by atoms with Crippen LogP contribution in [0, 0.1) is 11.8 Å². The molecule has 174 valence electrons. The van der Waals surface area contributed by atoms with Crippen molar-refractivity contribution in [1.82, 2.24) is 24.6 Å². The summed E-state index contributed by atoms with van der Waals surface area (Å²) in [5.41, 5.74) is 1.28. The zero-order valence-electron chi connectivity index (χ0n) is 19.4. The van der Waals surface area contributed by atoms with Gasteiger partial charge in [0.05, 0.1) is 19.6 Å². The number of benzene rings is 1. The third kappa shape index (κ3) is 5.79. The molecule has 2 aliphatic rings. The van der Waals surface area contributed by atoms with Gasteiger partial charge in [-0.2, -0.15) is 5.10 Å². The van der Waals surface area contributed by atoms with E-state index in [4.69, 9.17) is 4.74 Å². The molecule has 0 N–H and O–H groups in total. The van der Waals surface area contributed by atoms with Crippen LogP contribution in [0.25, 0.3) is 0 Å². The second kappa shape index (κ2) is 10.8. The Hall–Kier alpha value is -2.61. The number of anilines is 1. The first kappa shape index (κ1) is 22.6. The fourth-order valence-electron chi connectivity index (χ4n) is 4.90. The summed E-state index contributed by atoms with van der Waals surface area (Å²) in [6, 6.07) is 8.40. The molecule has 8 nitrogen and oxygen atoms in total. The Bertz CT molecular complexity index is 833. The fourth-order valence-corrected chi connectivity index (χ4v) is 4.90. The highest BCUT2D eigenvalue weighted by molar-refractivity contribution is 5.78. The molecule has 8 heteroatoms. The lowest BCUT2D eigenvalue weighted by Gasteiger charge is -2.35. The van der Waals surface area contributed by atoms with E-state index in [-0.39, 0.29) is 11.8 Å². The molecule has 1 atom stereocenters. The van der Waals surface area contributed by atoms with Crippen LogP contribution in [0.3, 0.4) is 0 Å². The van der Waals surface area contributed by atoms with Crippen LogP contribution in [-0.4, -0.2) is 83.4 Å². The monoisotopic (exact) mass is 440 g/mol. The van der Waals surface area contributed by atoms with Gasteiger partial charge in [-0.25, -0.2) is 4.98 Å². The lowest BCUT2D eigenvalue weighted by molar-refractivity contribution is -0.137. The number of piperidine rings is 1. The fraction of sp³-hybridized carbons (Fsp3) is 0.625. The van der Waals surface area contributed by atoms with Crippen LogP contribution in [0.4, 0.5) is 5.69 Å². The van der Waals surface area contributed by atoms with Crippen LogP contribution in [0.1, 0.15) is 26.2 Å². The highest BCUT2D eigenvalue weighted by atomic mass is 16.5. The van der Waals surface area contributed by atoms with Crippen molar-refractivity contribution in [1.29, 1.82) is 0 Å². The number of methoxy groups -OCH3 is 1. The first-order chi connectivity index (χ1) is 15.6. The molecule has 1 amide bonds. The molecule has 4 rings (SSSR count). The molecule has 0 unspecified atom stereocenters. The average molecular weight is 441 g/mol. The summed E-state index contributed by atoms with van der Waals surface area (Å²) < 4.78 is 7.02. The van der Waals surface area contributed by atoms with Gasteiger partial charge >= 0.3 is 0 Å². The smallest absolute Gasteiger partial charge is 0.227 e. The number of nitrogens with zero attached hydrogens (tertiary/aromatic N) is 6. The Balaban J connectivity index is 1.20. The number of amides is 1. The predicted molar refractivity (Wildman–Crippen MR) is 125 cm³/mol. The van der Waals surface area contributed by atoms with E-state index in [9.17, 15) is 4.79 Å². The van der Waals surface area contributed by atoms with Gasteiger partial charge in [0, 0.05) is 45.0 Å². The highest BCUT2D eigenvalue weighted by Crippen LogP contribution is 2.23. The zero-order chi connectivity index (χ0) is 22.3. The number of hydrogen-bond donors (Lipinski definition) is 0. The van der Waals surface area contributed by atoms with Gasteiger partial charge in [-0.15, -0.1) is 0 Å². The number of rotatable bonds is 7. The van der Waals surface area contributed by atoms with E-state index >= 15 is 0 Å². The van der Waals surface area contributed by atoms with Crippen LogP contribution < -0.4 is 9.64 Å². The molecule has 0 radical (unpaired) electrons. The van der Waals surface area contributed by atoms with Crippen LogP contribution >= 0.6 is 0 Å². The molecule has 0 saturated carbocycles. The van der Waals surface area contributed by atoms with Crippen molar-refractivity contribution in [3.8, 4) is 5.75 Å². The van der Waals surface area contributed by atoms with Crippen molar-refractivity contribution in [3.63, 3.8) is 0 Å². The van der Waals surface area contributed by atoms with Gasteiger partial charge in [0.2, 0.25) is 5.91 Å². The topological polar surface area (TPSA) is 66.7 Å². The zero-order valence-corrected chi connectivity index (χ0v) is 19.4. The Morgan fingerprint density at radius 2 is 1.88 bits per heavy atom. The van der Waals surface area contributed by atoms with E-state index in [1.54, 1.807) is 18.1 Å². The molecule has 2 aliphatic heterocycles. The SMILES string of the molecule is COc1ccc(N2CCCN(CC3CCN(C(=O)[C@@H](C)Cn4cncn4)CC3)CC2)cc1. The lowest BCUT2D eigenvalue weighted by Crippen LogP contribution is -2.44. The second-order valence-electron chi connectivity index (χ2n) is 9.13. The number of aromatic nitrogens is 3. The van der Waals surface area contributed by atoms with Gasteiger partial charge in [-0.05, 0) is 56.0 Å². The first-order valence-electron chi connectivity index (χ1n) is 11.8. The quantitative estimate of drug-likeness (QED) is 0.659. The van der Waals surface area contributed by atoms with E-state index in [1.165, 1.54) is 18.4 Å². The van der Waals surface area contributed by atoms with Crippen LogP contribution in [0.5, 0.6) is 5.75 Å². The van der Waals surface area contributed by atoms with E-state index in [2.05, 4.69) is 32.0 Å². The summed E-state index contributed by atoms with van der Waals surface area (Å²) >= 11 is 0. The molecule has 1 aromatic heterocycles. The second-order valence-corrected chi connectivity index (χ2v) is 9.13. The Labute approximate surface area is 191 Å². The largest absolute Gasteiger partial charge is 0.497 e. The maximum atomic E-state index is 12.8. The van der Waals surface area contributed by atoms with Gasteiger partial charge in [0.25, 0.3) is 0 Å². The highest BCUT2D eigenvalue weighted by Gasteiger charge is 2.27. The minimum atomic E-state index is -0.0669. The summed E-state index contributed by atoms with van der Waals surface area (Å²) in [4.78, 5) is 23.9. The third-order valence-electron chi connectivity index (χ3n) is 6.82. The van der Waals surface area contributed by atoms with Crippen LogP contribution in [0.15, 0.2) is 36.9 Å². The van der Waals surface area contributed by atoms with Crippen molar-refractivity contribution in [2.24, 2.45) is 11.8 Å². The van der Waals surface area contributed by atoms with E-state index < -0.39 is 0 Å². The van der Waals surface area contributed by atoms with Gasteiger partial charge in [-0.3, -0.25) is 9.48 Å². The first-order valence-corrected chi connectivity index (χ1v) is 11.8. The summed E-state index contributed by atoms with van der Waals surface area (Å²) in [6.45, 7) is 9.88. The average Bonchev–Trinajstić information content (AvgIpc) is 3.23. The van der Waals surface area contributed by atoms with Crippen molar-refractivity contribution < 1.29 is 9.53 Å². The Kier molecular flexibility index (Phi) is 7.63. The van der Waals surface area contributed by atoms with E-state index in [1.807, 2.05) is 24.0 Å². The van der Waals surface area contributed by atoms with Crippen molar-refractivity contribution in [2.45, 2.75) is 32.7 Å². The molecule has 32 heavy (non-hydrogen) atoms. The Morgan fingerprint density at radius 3 is 2.56 bits per heavy atom. The normalized spacial score (nSPS) is 19.6. The third-order valence-corrected chi connectivity index (χ3v) is 6.82. The van der Waals surface area contributed by atoms with Gasteiger partial charge < -0.3 is 19.4 Å². The van der Waals surface area contributed by atoms with Gasteiger partial charge in [-0.1, -0.05) is 6.92 Å². The predicted octanol–water partition coefficient (Wildman–Crippen LogP) is 2.37. The molecule has 0 spiro atoms. The van der Waals surface area contributed by atoms with Crippen molar-refractivity contribution in [2.75, 3.05) is 57.8 Å². The molecule has 0 aliphatic carbocycles. The van der Waals surface area contributed by atoms with E-state index in [0.29, 0.717) is 12.5 Å². The molecule has 0 bridgehead atoms. The maximum Gasteiger partial charge on any atom is 0.227 e. The maximum absolute atomic E-state index is 12.8. The molecule has 2 aromatic rings. The van der Waals surface area contributed by atoms with Crippen LogP contribution in [0.2, 0.25) is 0 Å². The standard InChI is InChI=1S/C24H36N6O2/c1-20(16-30-19-25-18-26-30)24(31)29-12-8-21(9-13-29)17-27-10-3-11-28(15-14-27)22-4-6-23(32-2)7-5-22/h4-7,18-21H,3,8-17H2,1-2H3/t20-/m0/s1. The van der Waals surface area contributed by atoms with Gasteiger partial charge in [0.15, 0.2) is 0 Å². The minimum Gasteiger partial charge on any atom is -0.497 e. The molecule has 1 aromatic carbocycles. The minimum absolute atomic E-state index is 0.0669. The number of carbonyl (C=O) groups is 1. The molecule has 3 heterocycles. The van der Waals surface area contributed by atoms with Crippen molar-refractivity contribution >= 4 is 11.6 Å². The molecule has 2 saturated heterocycles. The Morgan fingerprint density at radius 1 is 1.09 bits per heavy atom. The number of likely N-dealkylation sites (tertiary alicyclic amines) is 1. The summed E-state index contributed by atoms with van der Waals surface area (Å²) in [7, 11) is 1.71.